The second kappa shape index (κ2) is 8.10. The molecule has 2 aromatic carbocycles. The van der Waals surface area contributed by atoms with Crippen LogP contribution >= 0.6 is 0 Å². The molecule has 0 bridgehead atoms. The van der Waals surface area contributed by atoms with Crippen LogP contribution in [0.1, 0.15) is 48.9 Å². The van der Waals surface area contributed by atoms with Gasteiger partial charge >= 0.3 is 0 Å². The van der Waals surface area contributed by atoms with Gasteiger partial charge in [-0.1, -0.05) is 56.3 Å². The van der Waals surface area contributed by atoms with Crippen molar-refractivity contribution in [2.24, 2.45) is 5.41 Å². The van der Waals surface area contributed by atoms with Crippen molar-refractivity contribution < 1.29 is 5.11 Å². The number of fused-ring (bicyclic) bond motifs is 1. The van der Waals surface area contributed by atoms with Crippen molar-refractivity contribution in [1.82, 2.24) is 10.2 Å². The number of aromatic hydroxyl groups is 1. The average Bonchev–Trinajstić information content (AvgIpc) is 2.72. The van der Waals surface area contributed by atoms with Crippen LogP contribution in [0, 0.1) is 5.41 Å². The van der Waals surface area contributed by atoms with Crippen molar-refractivity contribution in [3.63, 3.8) is 0 Å². The van der Waals surface area contributed by atoms with Gasteiger partial charge in [0, 0.05) is 12.1 Å². The second-order valence-corrected chi connectivity index (χ2v) is 8.32. The lowest BCUT2D eigenvalue weighted by Crippen LogP contribution is -2.38. The fourth-order valence-electron chi connectivity index (χ4n) is 4.83. The summed E-state index contributed by atoms with van der Waals surface area (Å²) >= 11 is 0. The Morgan fingerprint density at radius 2 is 1.75 bits per heavy atom. The van der Waals surface area contributed by atoms with Crippen molar-refractivity contribution in [1.29, 1.82) is 0 Å². The highest BCUT2D eigenvalue weighted by Gasteiger charge is 2.35. The van der Waals surface area contributed by atoms with Gasteiger partial charge < -0.3 is 10.4 Å². The number of rotatable bonds is 5. The summed E-state index contributed by atoms with van der Waals surface area (Å²) in [4.78, 5) is 2.37. The molecule has 0 unspecified atom stereocenters. The van der Waals surface area contributed by atoms with Gasteiger partial charge in [-0.15, -0.1) is 0 Å². The summed E-state index contributed by atoms with van der Waals surface area (Å²) in [7, 11) is 0. The van der Waals surface area contributed by atoms with E-state index in [0.717, 1.165) is 57.5 Å². The van der Waals surface area contributed by atoms with Crippen LogP contribution in [-0.2, 0) is 13.0 Å². The minimum absolute atomic E-state index is 0.210. The van der Waals surface area contributed by atoms with Crippen LogP contribution in [0.5, 0.6) is 5.75 Å². The van der Waals surface area contributed by atoms with Gasteiger partial charge in [0.2, 0.25) is 0 Å². The van der Waals surface area contributed by atoms with E-state index >= 15 is 0 Å². The lowest BCUT2D eigenvalue weighted by atomic mass is 9.67. The third kappa shape index (κ3) is 3.74. The van der Waals surface area contributed by atoms with E-state index in [4.69, 9.17) is 0 Å². The zero-order chi connectivity index (χ0) is 19.6. The number of hydrogen-bond donors (Lipinski definition) is 2. The number of allylic oxidation sites excluding steroid dienone is 1. The van der Waals surface area contributed by atoms with Gasteiger partial charge in [-0.3, -0.25) is 4.90 Å². The Bertz CT molecular complexity index is 861. The Hall–Kier alpha value is -2.10. The third-order valence-electron chi connectivity index (χ3n) is 6.55. The van der Waals surface area contributed by atoms with E-state index < -0.39 is 0 Å². The zero-order valence-corrected chi connectivity index (χ0v) is 17.2. The summed E-state index contributed by atoms with van der Waals surface area (Å²) in [5.41, 5.74) is 6.24. The first-order chi connectivity index (χ1) is 13.6. The number of nitrogens with one attached hydrogen (secondary N) is 1. The Kier molecular flexibility index (Phi) is 5.56. The van der Waals surface area contributed by atoms with Crippen LogP contribution in [0.3, 0.4) is 0 Å². The van der Waals surface area contributed by atoms with Crippen LogP contribution in [0.25, 0.3) is 5.57 Å². The molecule has 2 aliphatic rings. The molecule has 1 spiro atoms. The van der Waals surface area contributed by atoms with Gasteiger partial charge in [0.1, 0.15) is 5.75 Å². The molecule has 4 rings (SSSR count). The monoisotopic (exact) mass is 376 g/mol. The van der Waals surface area contributed by atoms with Crippen molar-refractivity contribution in [3.05, 3.63) is 70.8 Å². The van der Waals surface area contributed by atoms with E-state index in [2.05, 4.69) is 66.5 Å². The molecule has 0 amide bonds. The molecule has 148 valence electrons. The first-order valence-electron chi connectivity index (χ1n) is 10.7. The van der Waals surface area contributed by atoms with Crippen LogP contribution in [0.15, 0.2) is 48.5 Å². The van der Waals surface area contributed by atoms with Gasteiger partial charge in [0.15, 0.2) is 0 Å². The lowest BCUT2D eigenvalue weighted by molar-refractivity contribution is 0.268. The first kappa shape index (κ1) is 19.2. The number of hydrogen-bond acceptors (Lipinski definition) is 3. The molecule has 1 aliphatic heterocycles. The van der Waals surface area contributed by atoms with E-state index in [1.165, 1.54) is 22.3 Å². The Morgan fingerprint density at radius 3 is 2.46 bits per heavy atom. The summed E-state index contributed by atoms with van der Waals surface area (Å²) in [6.07, 6.45) is 5.89. The molecule has 1 saturated heterocycles. The summed E-state index contributed by atoms with van der Waals surface area (Å²) < 4.78 is 0. The van der Waals surface area contributed by atoms with Crippen molar-refractivity contribution >= 4 is 5.57 Å². The summed E-state index contributed by atoms with van der Waals surface area (Å²) in [5.74, 6) is 0.400. The molecule has 1 fully saturated rings. The minimum Gasteiger partial charge on any atom is -0.507 e. The number of piperidine rings is 1. The lowest BCUT2D eigenvalue weighted by Gasteiger charge is -2.40. The van der Waals surface area contributed by atoms with Crippen LogP contribution in [0.2, 0.25) is 0 Å². The van der Waals surface area contributed by atoms with Gasteiger partial charge in [0.05, 0.1) is 0 Å². The molecule has 0 radical (unpaired) electrons. The molecular weight excluding hydrogens is 344 g/mol. The van der Waals surface area contributed by atoms with E-state index in [9.17, 15) is 5.11 Å². The predicted octanol–water partition coefficient (Wildman–Crippen LogP) is 4.59. The molecule has 3 heteroatoms. The summed E-state index contributed by atoms with van der Waals surface area (Å²) in [6, 6.07) is 15.0. The van der Waals surface area contributed by atoms with Gasteiger partial charge in [-0.05, 0) is 79.2 Å². The predicted molar refractivity (Wildman–Crippen MR) is 116 cm³/mol. The quantitative estimate of drug-likeness (QED) is 0.801. The number of phenols is 1. The number of phenolic OH excluding ortho intramolecular Hbond substituents is 1. The smallest absolute Gasteiger partial charge is 0.123 e. The average molecular weight is 377 g/mol. The zero-order valence-electron chi connectivity index (χ0n) is 17.2. The Balaban J connectivity index is 1.73. The Labute approximate surface area is 169 Å². The summed E-state index contributed by atoms with van der Waals surface area (Å²) in [6.45, 7) is 9.43. The highest BCUT2D eigenvalue weighted by molar-refractivity contribution is 5.86. The highest BCUT2D eigenvalue weighted by Crippen LogP contribution is 2.46. The number of nitrogens with zero attached hydrogens (tertiary/aromatic N) is 1. The van der Waals surface area contributed by atoms with Gasteiger partial charge in [-0.25, -0.2) is 0 Å². The van der Waals surface area contributed by atoms with Crippen LogP contribution in [0.4, 0.5) is 0 Å². The van der Waals surface area contributed by atoms with Gasteiger partial charge in [-0.2, -0.15) is 0 Å². The number of benzene rings is 2. The molecule has 0 aromatic heterocycles. The topological polar surface area (TPSA) is 35.5 Å². The molecular formula is C25H32N2O. The van der Waals surface area contributed by atoms with Crippen molar-refractivity contribution in [2.75, 3.05) is 26.2 Å². The molecule has 0 saturated carbocycles. The molecule has 1 heterocycles. The maximum atomic E-state index is 10.9. The van der Waals surface area contributed by atoms with Crippen LogP contribution in [-0.4, -0.2) is 36.2 Å². The molecule has 2 aromatic rings. The normalized spacial score (nSPS) is 18.2. The molecule has 3 nitrogen and oxygen atoms in total. The molecule has 1 aliphatic carbocycles. The maximum absolute atomic E-state index is 10.9. The second-order valence-electron chi connectivity index (χ2n) is 8.32. The van der Waals surface area contributed by atoms with Crippen LogP contribution < -0.4 is 5.32 Å². The maximum Gasteiger partial charge on any atom is 0.123 e. The fourth-order valence-corrected chi connectivity index (χ4v) is 4.83. The highest BCUT2D eigenvalue weighted by atomic mass is 16.3. The van der Waals surface area contributed by atoms with Crippen molar-refractivity contribution in [2.45, 2.75) is 39.7 Å². The standard InChI is InChI=1S/C25H32N2O/c1-3-27(4-2)18-19-9-10-22(24(28)15-19)23-17-25(11-13-26-14-12-25)16-20-7-5-6-8-21(20)23/h5-10,15,17,26,28H,3-4,11-14,16,18H2,1-2H3. The Morgan fingerprint density at radius 1 is 1.00 bits per heavy atom. The SMILES string of the molecule is CCN(CC)Cc1ccc(C2=CC3(CCNCC3)Cc3ccccc32)c(O)c1. The van der Waals surface area contributed by atoms with E-state index in [-0.39, 0.29) is 5.41 Å². The van der Waals surface area contributed by atoms with E-state index in [1.54, 1.807) is 0 Å². The molecule has 0 atom stereocenters. The first-order valence-corrected chi connectivity index (χ1v) is 10.7. The van der Waals surface area contributed by atoms with E-state index in [1.807, 2.05) is 6.07 Å². The minimum atomic E-state index is 0.210. The largest absolute Gasteiger partial charge is 0.507 e. The molecule has 28 heavy (non-hydrogen) atoms. The van der Waals surface area contributed by atoms with Crippen molar-refractivity contribution in [3.8, 4) is 5.75 Å². The fraction of sp³-hybridized carbons (Fsp3) is 0.440. The third-order valence-corrected chi connectivity index (χ3v) is 6.55. The van der Waals surface area contributed by atoms with Gasteiger partial charge in [0.25, 0.3) is 0 Å². The van der Waals surface area contributed by atoms with E-state index in [0.29, 0.717) is 5.75 Å². The summed E-state index contributed by atoms with van der Waals surface area (Å²) in [5, 5.41) is 14.4. The molecule has 2 N–H and O–H groups in total.